The number of para-hydroxylation sites is 2. The van der Waals surface area contributed by atoms with Crippen molar-refractivity contribution < 1.29 is 26.7 Å². The van der Waals surface area contributed by atoms with E-state index in [1.165, 1.54) is 44.4 Å². The highest BCUT2D eigenvalue weighted by molar-refractivity contribution is 8.13. The van der Waals surface area contributed by atoms with Gasteiger partial charge < -0.3 is 5.32 Å². The standard InChI is InChI=1S/C8H10N2O4S.C6H4ClNO4S.C2H7N/c1-9(2)15(13,14)8-6-4-3-5-7(8)10(11)12;7-13(11,12)6-4-2-1-3-5(6)8(9)10;1-3-2/h3-6H,1-2H3;1-4H;3H,1-2H3. The third kappa shape index (κ3) is 8.55. The number of hydrogen-bond donors (Lipinski definition) is 1. The summed E-state index contributed by atoms with van der Waals surface area (Å²) >= 11 is 0. The quantitative estimate of drug-likeness (QED) is 0.370. The van der Waals surface area contributed by atoms with Gasteiger partial charge in [-0.3, -0.25) is 20.2 Å². The Morgan fingerprint density at radius 2 is 1.13 bits per heavy atom. The monoisotopic (exact) mass is 496 g/mol. The van der Waals surface area contributed by atoms with Crippen LogP contribution in [0.1, 0.15) is 0 Å². The molecule has 0 saturated carbocycles. The van der Waals surface area contributed by atoms with Gasteiger partial charge in [0.05, 0.1) is 9.85 Å². The summed E-state index contributed by atoms with van der Waals surface area (Å²) < 4.78 is 45.9. The van der Waals surface area contributed by atoms with Crippen molar-refractivity contribution >= 4 is 41.1 Å². The van der Waals surface area contributed by atoms with Crippen molar-refractivity contribution in [2.24, 2.45) is 0 Å². The van der Waals surface area contributed by atoms with E-state index in [0.29, 0.717) is 0 Å². The van der Waals surface area contributed by atoms with Gasteiger partial charge in [0.2, 0.25) is 10.0 Å². The summed E-state index contributed by atoms with van der Waals surface area (Å²) in [5.41, 5.74) is -0.927. The van der Waals surface area contributed by atoms with Crippen LogP contribution in [-0.2, 0) is 19.1 Å². The molecule has 2 rings (SSSR count). The van der Waals surface area contributed by atoms with Crippen molar-refractivity contribution in [3.05, 3.63) is 68.8 Å². The second kappa shape index (κ2) is 12.3. The lowest BCUT2D eigenvalue weighted by molar-refractivity contribution is -0.388. The average Bonchev–Trinajstić information content (AvgIpc) is 2.68. The van der Waals surface area contributed by atoms with Crippen LogP contribution in [0.15, 0.2) is 58.3 Å². The SMILES string of the molecule is CN(C)S(=O)(=O)c1ccccc1[N+](=O)[O-].CNC.O=[N+]([O-])c1ccccc1S(=O)(=O)Cl. The number of halogens is 1. The molecule has 0 spiro atoms. The third-order valence-electron chi connectivity index (χ3n) is 3.15. The van der Waals surface area contributed by atoms with E-state index >= 15 is 0 Å². The van der Waals surface area contributed by atoms with Crippen molar-refractivity contribution in [3.63, 3.8) is 0 Å². The highest BCUT2D eigenvalue weighted by Crippen LogP contribution is 2.26. The van der Waals surface area contributed by atoms with E-state index in [1.54, 1.807) is 0 Å². The molecule has 0 aliphatic carbocycles. The molecular formula is C16H21ClN4O8S2. The molecule has 0 aliphatic rings. The molecule has 0 radical (unpaired) electrons. The first-order chi connectivity index (χ1) is 14.2. The molecule has 0 saturated heterocycles. The summed E-state index contributed by atoms with van der Waals surface area (Å²) in [6.07, 6.45) is 0. The zero-order valence-corrected chi connectivity index (χ0v) is 19.3. The van der Waals surface area contributed by atoms with Crippen molar-refractivity contribution in [1.29, 1.82) is 0 Å². The maximum Gasteiger partial charge on any atom is 0.289 e. The predicted molar refractivity (Wildman–Crippen MR) is 115 cm³/mol. The lowest BCUT2D eigenvalue weighted by atomic mass is 10.3. The summed E-state index contributed by atoms with van der Waals surface area (Å²) in [5, 5.41) is 23.7. The minimum atomic E-state index is -4.05. The second-order valence-electron chi connectivity index (χ2n) is 5.67. The lowest BCUT2D eigenvalue weighted by Gasteiger charge is -2.10. The first-order valence-electron chi connectivity index (χ1n) is 8.14. The van der Waals surface area contributed by atoms with Crippen molar-refractivity contribution in [3.8, 4) is 0 Å². The zero-order chi connectivity index (χ0) is 24.4. The Labute approximate surface area is 184 Å². The van der Waals surface area contributed by atoms with Gasteiger partial charge in [0, 0.05) is 36.9 Å². The van der Waals surface area contributed by atoms with Crippen LogP contribution in [0.4, 0.5) is 11.4 Å². The second-order valence-corrected chi connectivity index (χ2v) is 10.3. The molecule has 0 aromatic heterocycles. The molecule has 15 heteroatoms. The van der Waals surface area contributed by atoms with Crippen molar-refractivity contribution in [1.82, 2.24) is 9.62 Å². The Hall–Kier alpha value is -2.65. The van der Waals surface area contributed by atoms with Gasteiger partial charge in [-0.1, -0.05) is 24.3 Å². The molecule has 2 aromatic carbocycles. The summed E-state index contributed by atoms with van der Waals surface area (Å²) in [5.74, 6) is 0. The number of hydrogen-bond acceptors (Lipinski definition) is 9. The van der Waals surface area contributed by atoms with Gasteiger partial charge in [-0.25, -0.2) is 21.1 Å². The highest BCUT2D eigenvalue weighted by Gasteiger charge is 2.26. The average molecular weight is 497 g/mol. The molecule has 0 aliphatic heterocycles. The van der Waals surface area contributed by atoms with Gasteiger partial charge in [0.1, 0.15) is 0 Å². The first-order valence-corrected chi connectivity index (χ1v) is 11.9. The van der Waals surface area contributed by atoms with E-state index in [2.05, 4.69) is 5.32 Å². The van der Waals surface area contributed by atoms with Crippen LogP contribution < -0.4 is 5.32 Å². The molecule has 0 fully saturated rings. The van der Waals surface area contributed by atoms with Crippen LogP contribution in [0.5, 0.6) is 0 Å². The van der Waals surface area contributed by atoms with Crippen LogP contribution in [0, 0.1) is 20.2 Å². The number of sulfonamides is 1. The van der Waals surface area contributed by atoms with Crippen LogP contribution in [-0.4, -0.2) is 59.2 Å². The van der Waals surface area contributed by atoms with E-state index in [9.17, 15) is 37.1 Å². The Balaban J connectivity index is 0.000000519. The number of nitrogens with one attached hydrogen (secondary N) is 1. The van der Waals surface area contributed by atoms with Crippen LogP contribution in [0.25, 0.3) is 0 Å². The smallest absolute Gasteiger partial charge is 0.289 e. The van der Waals surface area contributed by atoms with Gasteiger partial charge in [-0.05, 0) is 26.2 Å². The van der Waals surface area contributed by atoms with E-state index in [4.69, 9.17) is 10.7 Å². The maximum atomic E-state index is 11.7. The van der Waals surface area contributed by atoms with Crippen molar-refractivity contribution in [2.75, 3.05) is 28.2 Å². The molecule has 1 N–H and O–H groups in total. The third-order valence-corrected chi connectivity index (χ3v) is 6.38. The van der Waals surface area contributed by atoms with Gasteiger partial charge in [-0.2, -0.15) is 0 Å². The summed E-state index contributed by atoms with van der Waals surface area (Å²) in [7, 11) is 3.57. The number of nitro groups is 2. The topological polar surface area (TPSA) is 170 Å². The van der Waals surface area contributed by atoms with Gasteiger partial charge >= 0.3 is 0 Å². The lowest BCUT2D eigenvalue weighted by Crippen LogP contribution is -2.23. The molecule has 31 heavy (non-hydrogen) atoms. The van der Waals surface area contributed by atoms with Crippen molar-refractivity contribution in [2.45, 2.75) is 9.79 Å². The van der Waals surface area contributed by atoms with Crippen LogP contribution in [0.2, 0.25) is 0 Å². The molecule has 0 heterocycles. The number of nitrogens with zero attached hydrogens (tertiary/aromatic N) is 3. The Bertz CT molecular complexity index is 1120. The van der Waals surface area contributed by atoms with Gasteiger partial charge in [-0.15, -0.1) is 0 Å². The largest absolute Gasteiger partial charge is 0.323 e. The minimum Gasteiger partial charge on any atom is -0.323 e. The van der Waals surface area contributed by atoms with Crippen LogP contribution >= 0.6 is 10.7 Å². The molecule has 0 bridgehead atoms. The molecule has 0 amide bonds. The van der Waals surface area contributed by atoms with Gasteiger partial charge in [0.25, 0.3) is 20.4 Å². The zero-order valence-electron chi connectivity index (χ0n) is 16.9. The Morgan fingerprint density at radius 3 is 1.42 bits per heavy atom. The fraction of sp³-hybridized carbons (Fsp3) is 0.250. The Kier molecular flexibility index (Phi) is 11.2. The number of rotatable bonds is 5. The molecule has 172 valence electrons. The van der Waals surface area contributed by atoms with E-state index in [1.807, 2.05) is 14.1 Å². The predicted octanol–water partition coefficient (Wildman–Crippen LogP) is 2.20. The molecule has 12 nitrogen and oxygen atoms in total. The van der Waals surface area contributed by atoms with E-state index in [-0.39, 0.29) is 4.90 Å². The molecule has 0 unspecified atom stereocenters. The van der Waals surface area contributed by atoms with Crippen LogP contribution in [0.3, 0.4) is 0 Å². The van der Waals surface area contributed by atoms with E-state index < -0.39 is 45.2 Å². The minimum absolute atomic E-state index is 0.292. The molecule has 0 atom stereocenters. The fourth-order valence-corrected chi connectivity index (χ4v) is 3.91. The molecule has 2 aromatic rings. The normalized spacial score (nSPS) is 10.9. The Morgan fingerprint density at radius 1 is 0.806 bits per heavy atom. The maximum absolute atomic E-state index is 11.7. The first kappa shape index (κ1) is 28.4. The van der Waals surface area contributed by atoms with Gasteiger partial charge in [0.15, 0.2) is 9.79 Å². The number of nitro benzene ring substituents is 2. The highest BCUT2D eigenvalue weighted by atomic mass is 35.7. The van der Waals surface area contributed by atoms with E-state index in [0.717, 1.165) is 22.5 Å². The summed E-state index contributed by atoms with van der Waals surface area (Å²) in [4.78, 5) is 18.7. The summed E-state index contributed by atoms with van der Waals surface area (Å²) in [6, 6.07) is 10.1. The number of benzene rings is 2. The fourth-order valence-electron chi connectivity index (χ4n) is 1.84. The summed E-state index contributed by atoms with van der Waals surface area (Å²) in [6.45, 7) is 0. The molecular weight excluding hydrogens is 476 g/mol.